The van der Waals surface area contributed by atoms with E-state index >= 15 is 0 Å². The van der Waals surface area contributed by atoms with E-state index in [1.54, 1.807) is 18.3 Å². The maximum atomic E-state index is 11.1. The van der Waals surface area contributed by atoms with E-state index in [1.807, 2.05) is 24.3 Å². The lowest BCUT2D eigenvalue weighted by Gasteiger charge is -2.07. The topological polar surface area (TPSA) is 89.7 Å². The second-order valence-corrected chi connectivity index (χ2v) is 10.5. The molecule has 0 amide bonds. The van der Waals surface area contributed by atoms with Gasteiger partial charge in [0, 0.05) is 17.7 Å². The third-order valence-electron chi connectivity index (χ3n) is 6.38. The first-order valence-corrected chi connectivity index (χ1v) is 13.6. The van der Waals surface area contributed by atoms with E-state index in [1.165, 1.54) is 34.6 Å². The number of aromatic nitrogens is 1. The van der Waals surface area contributed by atoms with Crippen LogP contribution in [0.25, 0.3) is 21.7 Å². The predicted molar refractivity (Wildman–Crippen MR) is 162 cm³/mol. The number of nitro benzene ring substituents is 1. The molecule has 5 aromatic rings. The molecule has 0 unspecified atom stereocenters. The zero-order chi connectivity index (χ0) is 28.1. The van der Waals surface area contributed by atoms with Crippen molar-refractivity contribution in [3.8, 4) is 27.4 Å². The Hall–Kier alpha value is -4.82. The molecule has 7 nitrogen and oxygen atoms in total. The Kier molecular flexibility index (Phi) is 7.98. The molecule has 0 bridgehead atoms. The lowest BCUT2D eigenvalue weighted by atomic mass is 10.0. The molecular weight excluding hydrogens is 520 g/mol. The van der Waals surface area contributed by atoms with Gasteiger partial charge in [0.05, 0.1) is 21.7 Å². The number of nitrogens with one attached hydrogen (secondary N) is 1. The fourth-order valence-electron chi connectivity index (χ4n) is 4.22. The minimum atomic E-state index is -0.397. The molecule has 0 saturated heterocycles. The van der Waals surface area contributed by atoms with E-state index in [2.05, 4.69) is 73.8 Å². The van der Waals surface area contributed by atoms with Gasteiger partial charge >= 0.3 is 0 Å². The average Bonchev–Trinajstić information content (AvgIpc) is 3.37. The van der Waals surface area contributed by atoms with Crippen LogP contribution in [-0.2, 0) is 6.61 Å². The number of ether oxygens (including phenoxy) is 1. The van der Waals surface area contributed by atoms with Gasteiger partial charge in [0.2, 0.25) is 5.13 Å². The maximum Gasteiger partial charge on any atom is 0.269 e. The smallest absolute Gasteiger partial charge is 0.269 e. The summed E-state index contributed by atoms with van der Waals surface area (Å²) in [4.78, 5) is 16.5. The number of benzene rings is 4. The van der Waals surface area contributed by atoms with Gasteiger partial charge in [-0.15, -0.1) is 0 Å². The molecule has 4 aromatic carbocycles. The van der Waals surface area contributed by atoms with Gasteiger partial charge in [-0.05, 0) is 79.4 Å². The first kappa shape index (κ1) is 26.8. The summed E-state index contributed by atoms with van der Waals surface area (Å²) in [5, 5.41) is 16.2. The number of hydrazone groups is 1. The summed E-state index contributed by atoms with van der Waals surface area (Å²) in [5.74, 6) is 0.788. The maximum absolute atomic E-state index is 11.1. The van der Waals surface area contributed by atoms with Crippen molar-refractivity contribution in [3.63, 3.8) is 0 Å². The molecule has 0 aliphatic carbocycles. The number of aryl methyl sites for hydroxylation is 3. The lowest BCUT2D eigenvalue weighted by Crippen LogP contribution is -1.95. The molecule has 200 valence electrons. The summed E-state index contributed by atoms with van der Waals surface area (Å²) in [5.41, 5.74) is 11.3. The van der Waals surface area contributed by atoms with Gasteiger partial charge in [-0.25, -0.2) is 4.98 Å². The Morgan fingerprint density at radius 3 is 2.30 bits per heavy atom. The molecule has 0 aliphatic heterocycles. The van der Waals surface area contributed by atoms with E-state index in [-0.39, 0.29) is 5.69 Å². The van der Waals surface area contributed by atoms with Gasteiger partial charge in [0.25, 0.3) is 5.69 Å². The SMILES string of the molecule is Cc1ccc(COc2ccc(/C=N\Nc3nc(-c4ccc(C)cc4C)c(-c4ccc([N+](=O)[O-])cc4)s3)cc2)cc1. The molecular formula is C32H28N4O3S. The van der Waals surface area contributed by atoms with Crippen molar-refractivity contribution in [1.29, 1.82) is 0 Å². The molecule has 1 aromatic heterocycles. The van der Waals surface area contributed by atoms with Gasteiger partial charge in [-0.3, -0.25) is 15.5 Å². The molecule has 0 spiro atoms. The highest BCUT2D eigenvalue weighted by atomic mass is 32.1. The highest BCUT2D eigenvalue weighted by molar-refractivity contribution is 7.19. The van der Waals surface area contributed by atoms with Crippen molar-refractivity contribution in [2.45, 2.75) is 27.4 Å². The molecule has 5 rings (SSSR count). The number of anilines is 1. The van der Waals surface area contributed by atoms with Crippen LogP contribution in [-0.4, -0.2) is 16.1 Å². The molecule has 1 N–H and O–H groups in total. The summed E-state index contributed by atoms with van der Waals surface area (Å²) in [6.45, 7) is 6.69. The predicted octanol–water partition coefficient (Wildman–Crippen LogP) is 8.34. The molecule has 0 saturated carbocycles. The number of hydrogen-bond donors (Lipinski definition) is 1. The summed E-state index contributed by atoms with van der Waals surface area (Å²) in [6, 6.07) is 28.8. The second kappa shape index (κ2) is 11.9. The number of rotatable bonds is 9. The average molecular weight is 549 g/mol. The monoisotopic (exact) mass is 548 g/mol. The molecule has 8 heteroatoms. The highest BCUT2D eigenvalue weighted by Gasteiger charge is 2.17. The third-order valence-corrected chi connectivity index (χ3v) is 7.39. The van der Waals surface area contributed by atoms with Crippen molar-refractivity contribution < 1.29 is 9.66 Å². The Morgan fingerprint density at radius 2 is 1.62 bits per heavy atom. The quantitative estimate of drug-likeness (QED) is 0.114. The van der Waals surface area contributed by atoms with Crippen molar-refractivity contribution in [2.75, 3.05) is 5.43 Å². The van der Waals surface area contributed by atoms with Gasteiger partial charge < -0.3 is 4.74 Å². The van der Waals surface area contributed by atoms with Crippen molar-refractivity contribution in [3.05, 3.63) is 129 Å². The van der Waals surface area contributed by atoms with Crippen LogP contribution in [0.4, 0.5) is 10.8 Å². The highest BCUT2D eigenvalue weighted by Crippen LogP contribution is 2.40. The van der Waals surface area contributed by atoms with Crippen LogP contribution < -0.4 is 10.2 Å². The standard InChI is InChI=1S/C32H28N4O3S/c1-21-4-7-25(8-5-21)20-39-28-15-9-24(10-16-28)19-33-35-32-34-30(29-17-6-22(2)18-23(29)3)31(40-32)26-11-13-27(14-12-26)36(37)38/h4-19H,20H2,1-3H3,(H,34,35)/b33-19-. The fraction of sp³-hybridized carbons (Fsp3) is 0.125. The molecule has 1 heterocycles. The summed E-state index contributed by atoms with van der Waals surface area (Å²) in [6.07, 6.45) is 1.73. The molecule has 0 radical (unpaired) electrons. The largest absolute Gasteiger partial charge is 0.489 e. The Bertz CT molecular complexity index is 1660. The molecule has 0 atom stereocenters. The number of nitrogens with zero attached hydrogens (tertiary/aromatic N) is 3. The molecule has 0 fully saturated rings. The summed E-state index contributed by atoms with van der Waals surface area (Å²) in [7, 11) is 0. The third kappa shape index (κ3) is 6.42. The minimum Gasteiger partial charge on any atom is -0.489 e. The number of non-ortho nitro benzene ring substituents is 1. The van der Waals surface area contributed by atoms with E-state index in [0.29, 0.717) is 11.7 Å². The number of thiazole rings is 1. The van der Waals surface area contributed by atoms with Gasteiger partial charge in [0.15, 0.2) is 0 Å². The van der Waals surface area contributed by atoms with E-state index < -0.39 is 4.92 Å². The lowest BCUT2D eigenvalue weighted by molar-refractivity contribution is -0.384. The first-order valence-electron chi connectivity index (χ1n) is 12.8. The summed E-state index contributed by atoms with van der Waals surface area (Å²) >= 11 is 1.45. The van der Waals surface area contributed by atoms with Crippen LogP contribution in [0, 0.1) is 30.9 Å². The number of hydrogen-bond acceptors (Lipinski definition) is 7. The normalized spacial score (nSPS) is 11.1. The second-order valence-electron chi connectivity index (χ2n) is 9.53. The van der Waals surface area contributed by atoms with E-state index in [9.17, 15) is 10.1 Å². The zero-order valence-corrected chi connectivity index (χ0v) is 23.2. The van der Waals surface area contributed by atoms with Gasteiger partial charge in [-0.1, -0.05) is 64.9 Å². The van der Waals surface area contributed by atoms with Crippen LogP contribution in [0.1, 0.15) is 27.8 Å². The molecule has 0 aliphatic rings. The van der Waals surface area contributed by atoms with Crippen LogP contribution in [0.2, 0.25) is 0 Å². The van der Waals surface area contributed by atoms with E-state index in [4.69, 9.17) is 9.72 Å². The minimum absolute atomic E-state index is 0.0517. The van der Waals surface area contributed by atoms with Crippen LogP contribution in [0.15, 0.2) is 96.1 Å². The fourth-order valence-corrected chi connectivity index (χ4v) is 5.16. The van der Waals surface area contributed by atoms with Crippen LogP contribution >= 0.6 is 11.3 Å². The Labute approximate surface area is 237 Å². The van der Waals surface area contributed by atoms with Crippen LogP contribution in [0.3, 0.4) is 0 Å². The van der Waals surface area contributed by atoms with Crippen molar-refractivity contribution in [1.82, 2.24) is 4.98 Å². The number of nitro groups is 1. The van der Waals surface area contributed by atoms with Gasteiger partial charge in [0.1, 0.15) is 12.4 Å². The van der Waals surface area contributed by atoms with Crippen LogP contribution in [0.5, 0.6) is 5.75 Å². The summed E-state index contributed by atoms with van der Waals surface area (Å²) < 4.78 is 5.89. The Balaban J connectivity index is 1.32. The van der Waals surface area contributed by atoms with E-state index in [0.717, 1.165) is 44.1 Å². The van der Waals surface area contributed by atoms with Crippen molar-refractivity contribution in [2.24, 2.45) is 5.10 Å². The molecule has 40 heavy (non-hydrogen) atoms. The van der Waals surface area contributed by atoms with Gasteiger partial charge in [-0.2, -0.15) is 5.10 Å². The zero-order valence-electron chi connectivity index (χ0n) is 22.4. The Morgan fingerprint density at radius 1 is 0.925 bits per heavy atom. The first-order chi connectivity index (χ1) is 19.4. The van der Waals surface area contributed by atoms with Crippen molar-refractivity contribution >= 4 is 28.4 Å².